The molecule has 112 valence electrons. The molecule has 3 rings (SSSR count). The molecule has 0 bridgehead atoms. The van der Waals surface area contributed by atoms with Crippen LogP contribution in [0.5, 0.6) is 0 Å². The molecule has 0 aliphatic carbocycles. The second kappa shape index (κ2) is 5.85. The van der Waals surface area contributed by atoms with Crippen molar-refractivity contribution in [2.75, 3.05) is 16.8 Å². The number of rotatable bonds is 3. The molecule has 0 aromatic heterocycles. The van der Waals surface area contributed by atoms with E-state index >= 15 is 0 Å². The number of amides is 1. The van der Waals surface area contributed by atoms with E-state index in [1.54, 1.807) is 12.1 Å². The third-order valence-electron chi connectivity index (χ3n) is 3.72. The minimum Gasteiger partial charge on any atom is -0.347 e. The van der Waals surface area contributed by atoms with Crippen molar-refractivity contribution in [3.05, 3.63) is 64.8 Å². The van der Waals surface area contributed by atoms with Crippen molar-refractivity contribution in [2.24, 2.45) is 0 Å². The number of halogens is 1. The smallest absolute Gasteiger partial charge is 0.257 e. The first-order chi connectivity index (χ1) is 10.6. The van der Waals surface area contributed by atoms with Gasteiger partial charge in [-0.3, -0.25) is 4.79 Å². The van der Waals surface area contributed by atoms with Gasteiger partial charge in [0.15, 0.2) is 0 Å². The van der Waals surface area contributed by atoms with Gasteiger partial charge in [-0.05, 0) is 43.7 Å². The van der Waals surface area contributed by atoms with Gasteiger partial charge in [0.2, 0.25) is 0 Å². The van der Waals surface area contributed by atoms with Crippen molar-refractivity contribution in [1.82, 2.24) is 0 Å². The highest BCUT2D eigenvalue weighted by Gasteiger charge is 2.25. The first-order valence-corrected chi connectivity index (χ1v) is 7.62. The van der Waals surface area contributed by atoms with E-state index in [9.17, 15) is 4.79 Å². The molecular weight excluding hydrogens is 296 g/mol. The van der Waals surface area contributed by atoms with E-state index in [-0.39, 0.29) is 5.91 Å². The van der Waals surface area contributed by atoms with Crippen LogP contribution in [0.25, 0.3) is 5.57 Å². The number of hydrogen-bond donors (Lipinski definition) is 1. The van der Waals surface area contributed by atoms with Crippen LogP contribution in [-0.2, 0) is 4.79 Å². The molecule has 0 saturated carbocycles. The van der Waals surface area contributed by atoms with Gasteiger partial charge in [-0.25, -0.2) is 0 Å². The summed E-state index contributed by atoms with van der Waals surface area (Å²) in [5.41, 5.74) is 4.59. The maximum Gasteiger partial charge on any atom is 0.257 e. The maximum absolute atomic E-state index is 12.2. The average Bonchev–Trinajstić information content (AvgIpc) is 2.79. The Morgan fingerprint density at radius 3 is 2.77 bits per heavy atom. The lowest BCUT2D eigenvalue weighted by atomic mass is 10.1. The summed E-state index contributed by atoms with van der Waals surface area (Å²) in [5.74, 6) is -0.0941. The third kappa shape index (κ3) is 2.72. The molecule has 3 nitrogen and oxygen atoms in total. The second-order valence-corrected chi connectivity index (χ2v) is 5.75. The number of aryl methyl sites for hydroxylation is 1. The van der Waals surface area contributed by atoms with Crippen molar-refractivity contribution in [3.63, 3.8) is 0 Å². The van der Waals surface area contributed by atoms with Gasteiger partial charge in [-0.15, -0.1) is 0 Å². The number of carbonyl (C=O) groups excluding carboxylic acids is 1. The average molecular weight is 313 g/mol. The summed E-state index contributed by atoms with van der Waals surface area (Å²) in [6.07, 6.45) is 1.91. The first-order valence-electron chi connectivity index (χ1n) is 7.25. The highest BCUT2D eigenvalue weighted by Crippen LogP contribution is 2.34. The van der Waals surface area contributed by atoms with Gasteiger partial charge in [0.1, 0.15) is 0 Å². The fourth-order valence-electron chi connectivity index (χ4n) is 2.61. The number of nitrogens with zero attached hydrogens (tertiary/aromatic N) is 1. The van der Waals surface area contributed by atoms with Crippen LogP contribution in [0.4, 0.5) is 11.4 Å². The van der Waals surface area contributed by atoms with Crippen molar-refractivity contribution in [3.8, 4) is 0 Å². The lowest BCUT2D eigenvalue weighted by Gasteiger charge is -2.19. The normalized spacial score (nSPS) is 14.9. The molecule has 1 heterocycles. The highest BCUT2D eigenvalue weighted by atomic mass is 35.5. The van der Waals surface area contributed by atoms with Crippen LogP contribution in [0.3, 0.4) is 0 Å². The number of nitrogens with one attached hydrogen (secondary N) is 1. The summed E-state index contributed by atoms with van der Waals surface area (Å²) in [5, 5.41) is 3.48. The van der Waals surface area contributed by atoms with E-state index in [0.717, 1.165) is 23.5 Å². The van der Waals surface area contributed by atoms with Gasteiger partial charge < -0.3 is 10.2 Å². The van der Waals surface area contributed by atoms with Crippen LogP contribution in [0, 0.1) is 6.92 Å². The highest BCUT2D eigenvalue weighted by molar-refractivity contribution is 6.34. The van der Waals surface area contributed by atoms with Crippen LogP contribution in [0.1, 0.15) is 18.1 Å². The quantitative estimate of drug-likeness (QED) is 0.848. The minimum atomic E-state index is -0.0941. The molecule has 22 heavy (non-hydrogen) atoms. The molecule has 0 fully saturated rings. The van der Waals surface area contributed by atoms with Crippen molar-refractivity contribution in [2.45, 2.75) is 13.8 Å². The fraction of sp³-hybridized carbons (Fsp3) is 0.167. The van der Waals surface area contributed by atoms with Gasteiger partial charge in [0.05, 0.1) is 11.3 Å². The van der Waals surface area contributed by atoms with E-state index in [2.05, 4.69) is 36.2 Å². The summed E-state index contributed by atoms with van der Waals surface area (Å²) in [6.45, 7) is 4.90. The predicted molar refractivity (Wildman–Crippen MR) is 92.3 cm³/mol. The zero-order valence-electron chi connectivity index (χ0n) is 12.6. The molecule has 4 heteroatoms. The molecule has 0 radical (unpaired) electrons. The van der Waals surface area contributed by atoms with Gasteiger partial charge in [0.25, 0.3) is 5.91 Å². The Hall–Kier alpha value is -2.26. The molecule has 2 aromatic rings. The number of anilines is 2. The van der Waals surface area contributed by atoms with Gasteiger partial charge in [-0.1, -0.05) is 29.8 Å². The largest absolute Gasteiger partial charge is 0.347 e. The summed E-state index contributed by atoms with van der Waals surface area (Å²) in [4.78, 5) is 14.3. The molecule has 2 aromatic carbocycles. The monoisotopic (exact) mass is 312 g/mol. The third-order valence-corrected chi connectivity index (χ3v) is 3.96. The Balaban J connectivity index is 2.02. The van der Waals surface area contributed by atoms with Gasteiger partial charge in [0, 0.05) is 29.0 Å². The summed E-state index contributed by atoms with van der Waals surface area (Å²) < 4.78 is 0. The lowest BCUT2D eigenvalue weighted by molar-refractivity contribution is -0.110. The first kappa shape index (κ1) is 14.7. The summed E-state index contributed by atoms with van der Waals surface area (Å²) in [6, 6.07) is 13.7. The molecule has 0 saturated heterocycles. The molecule has 1 amide bonds. The second-order valence-electron chi connectivity index (χ2n) is 5.31. The standard InChI is InChI=1S/C18H17ClN2O/c1-3-21(14-6-4-5-12(2)9-14)11-16-15-8-7-13(19)10-17(15)20-18(16)22/h4-11H,3H2,1-2H3,(H,20,22)/b16-11+. The summed E-state index contributed by atoms with van der Waals surface area (Å²) >= 11 is 5.98. The number of fused-ring (bicyclic) bond motifs is 1. The van der Waals surface area contributed by atoms with Crippen LogP contribution in [0.15, 0.2) is 48.7 Å². The summed E-state index contributed by atoms with van der Waals surface area (Å²) in [7, 11) is 0. The van der Waals surface area contributed by atoms with E-state index in [1.165, 1.54) is 5.56 Å². The molecule has 1 aliphatic rings. The Morgan fingerprint density at radius 1 is 1.23 bits per heavy atom. The fourth-order valence-corrected chi connectivity index (χ4v) is 2.78. The van der Waals surface area contributed by atoms with Gasteiger partial charge in [-0.2, -0.15) is 0 Å². The van der Waals surface area contributed by atoms with Crippen LogP contribution in [0.2, 0.25) is 5.02 Å². The zero-order valence-corrected chi connectivity index (χ0v) is 13.3. The van der Waals surface area contributed by atoms with Crippen LogP contribution >= 0.6 is 11.6 Å². The lowest BCUT2D eigenvalue weighted by Crippen LogP contribution is -2.17. The topological polar surface area (TPSA) is 32.3 Å². The van der Waals surface area contributed by atoms with E-state index in [4.69, 9.17) is 11.6 Å². The number of carbonyl (C=O) groups is 1. The Morgan fingerprint density at radius 2 is 2.05 bits per heavy atom. The molecule has 1 aliphatic heterocycles. The SMILES string of the molecule is CCN(/C=C1/C(=O)Nc2cc(Cl)ccc21)c1cccc(C)c1. The molecule has 1 N–H and O–H groups in total. The molecule has 0 unspecified atom stereocenters. The predicted octanol–water partition coefficient (Wildman–Crippen LogP) is 4.47. The van der Waals surface area contributed by atoms with Crippen LogP contribution < -0.4 is 10.2 Å². The van der Waals surface area contributed by atoms with E-state index < -0.39 is 0 Å². The molecule has 0 atom stereocenters. The Bertz CT molecular complexity index is 767. The van der Waals surface area contributed by atoms with Crippen molar-refractivity contribution >= 4 is 34.5 Å². The Labute approximate surface area is 135 Å². The van der Waals surface area contributed by atoms with Gasteiger partial charge >= 0.3 is 0 Å². The maximum atomic E-state index is 12.2. The minimum absolute atomic E-state index is 0.0941. The van der Waals surface area contributed by atoms with Crippen molar-refractivity contribution in [1.29, 1.82) is 0 Å². The molecule has 0 spiro atoms. The van der Waals surface area contributed by atoms with Crippen LogP contribution in [-0.4, -0.2) is 12.5 Å². The number of hydrogen-bond acceptors (Lipinski definition) is 2. The Kier molecular flexibility index (Phi) is 3.90. The van der Waals surface area contributed by atoms with E-state index in [1.807, 2.05) is 24.4 Å². The number of benzene rings is 2. The van der Waals surface area contributed by atoms with Crippen molar-refractivity contribution < 1.29 is 4.79 Å². The zero-order chi connectivity index (χ0) is 15.7. The molecular formula is C18H17ClN2O. The van der Waals surface area contributed by atoms with E-state index in [0.29, 0.717) is 10.6 Å².